The van der Waals surface area contributed by atoms with E-state index >= 15 is 0 Å². The molecule has 5 heteroatoms. The first-order valence-corrected chi connectivity index (χ1v) is 15.5. The predicted molar refractivity (Wildman–Crippen MR) is 156 cm³/mol. The first-order valence-electron chi connectivity index (χ1n) is 15.5. The molecule has 0 aliphatic heterocycles. The summed E-state index contributed by atoms with van der Waals surface area (Å²) in [6.45, 7) is 7.11. The maximum absolute atomic E-state index is 12.0. The van der Waals surface area contributed by atoms with E-state index in [1.54, 1.807) is 4.90 Å². The van der Waals surface area contributed by atoms with Gasteiger partial charge in [0.2, 0.25) is 5.91 Å². The third-order valence-electron chi connectivity index (χ3n) is 10.7. The summed E-state index contributed by atoms with van der Waals surface area (Å²) >= 11 is 0. The van der Waals surface area contributed by atoms with Crippen molar-refractivity contribution in [2.75, 3.05) is 20.3 Å². The summed E-state index contributed by atoms with van der Waals surface area (Å²) in [5, 5.41) is 21.6. The number of carbonyl (C=O) groups excluding carboxylic acids is 1. The van der Waals surface area contributed by atoms with E-state index in [4.69, 9.17) is 11.2 Å². The SMILES string of the molecule is C#C[C@]1(O)CCC2C3CCc4cc(O)ccc4C3[C@@H](CCCCCCCCOCC(=O)N(C)C(C)C)C[C@@]21C. The molecular formula is C34H51NO4. The number of hydrogen-bond acceptors (Lipinski definition) is 4. The van der Waals surface area contributed by atoms with E-state index in [9.17, 15) is 15.0 Å². The number of hydrogen-bond donors (Lipinski definition) is 2. The average molecular weight is 538 g/mol. The van der Waals surface area contributed by atoms with E-state index < -0.39 is 5.60 Å². The Balaban J connectivity index is 1.27. The second-order valence-corrected chi connectivity index (χ2v) is 13.2. The number of benzene rings is 1. The van der Waals surface area contributed by atoms with Gasteiger partial charge in [0.25, 0.3) is 0 Å². The fraction of sp³-hybridized carbons (Fsp3) is 0.735. The number of amides is 1. The van der Waals surface area contributed by atoms with Gasteiger partial charge in [0.1, 0.15) is 18.0 Å². The lowest BCUT2D eigenvalue weighted by molar-refractivity contribution is -0.136. The molecule has 0 saturated heterocycles. The van der Waals surface area contributed by atoms with Crippen molar-refractivity contribution in [1.29, 1.82) is 0 Å². The van der Waals surface area contributed by atoms with E-state index in [1.165, 1.54) is 43.2 Å². The Hall–Kier alpha value is -2.03. The maximum Gasteiger partial charge on any atom is 0.248 e. The monoisotopic (exact) mass is 537 g/mol. The molecule has 2 fully saturated rings. The van der Waals surface area contributed by atoms with Crippen molar-refractivity contribution in [2.24, 2.45) is 23.2 Å². The van der Waals surface area contributed by atoms with Gasteiger partial charge in [-0.05, 0) is 106 Å². The van der Waals surface area contributed by atoms with Crippen molar-refractivity contribution in [3.05, 3.63) is 29.3 Å². The number of unbranched alkanes of at least 4 members (excludes halogenated alkanes) is 5. The molecular weight excluding hydrogens is 486 g/mol. The molecule has 0 radical (unpaired) electrons. The molecule has 5 nitrogen and oxygen atoms in total. The molecule has 1 amide bonds. The molecule has 4 rings (SSSR count). The summed E-state index contributed by atoms with van der Waals surface area (Å²) in [6, 6.07) is 6.22. The molecule has 216 valence electrons. The molecule has 3 aliphatic rings. The van der Waals surface area contributed by atoms with Crippen LogP contribution in [0.25, 0.3) is 0 Å². The number of terminal acetylenes is 1. The Morgan fingerprint density at radius 3 is 2.62 bits per heavy atom. The molecule has 2 saturated carbocycles. The summed E-state index contributed by atoms with van der Waals surface area (Å²) in [6.07, 6.45) is 18.9. The minimum Gasteiger partial charge on any atom is -0.508 e. The molecule has 1 aromatic rings. The summed E-state index contributed by atoms with van der Waals surface area (Å²) in [7, 11) is 1.82. The number of carbonyl (C=O) groups is 1. The number of phenols is 1. The van der Waals surface area contributed by atoms with Crippen LogP contribution in [-0.2, 0) is 16.0 Å². The molecule has 0 bridgehead atoms. The van der Waals surface area contributed by atoms with Gasteiger partial charge in [0.05, 0.1) is 0 Å². The highest BCUT2D eigenvalue weighted by molar-refractivity contribution is 5.77. The zero-order valence-electron chi connectivity index (χ0n) is 24.8. The standard InChI is InChI=1S/C34H51NO4/c1-6-34(38)19-18-30-29-16-14-25-21-27(36)15-17-28(25)32(29)26(22-33(30,34)4)13-11-9-7-8-10-12-20-39-23-31(37)35(5)24(2)3/h1,15,17,21,24,26,29-30,32,36,38H,7-14,16,18-20,22-23H2,2-5H3/t26-,29?,30?,32?,33-,34-/m0/s1. The van der Waals surface area contributed by atoms with Gasteiger partial charge < -0.3 is 19.8 Å². The summed E-state index contributed by atoms with van der Waals surface area (Å²) in [4.78, 5) is 13.7. The minimum atomic E-state index is -0.993. The molecule has 39 heavy (non-hydrogen) atoms. The molecule has 0 heterocycles. The number of nitrogens with zero attached hydrogens (tertiary/aromatic N) is 1. The van der Waals surface area contributed by atoms with Crippen molar-refractivity contribution in [1.82, 2.24) is 4.90 Å². The Morgan fingerprint density at radius 1 is 1.18 bits per heavy atom. The van der Waals surface area contributed by atoms with Crippen LogP contribution in [0.2, 0.25) is 0 Å². The third-order valence-corrected chi connectivity index (χ3v) is 10.7. The van der Waals surface area contributed by atoms with Crippen LogP contribution < -0.4 is 0 Å². The minimum absolute atomic E-state index is 0.0470. The largest absolute Gasteiger partial charge is 0.508 e. The molecule has 6 atom stereocenters. The van der Waals surface area contributed by atoms with Crippen LogP contribution in [0.4, 0.5) is 0 Å². The van der Waals surface area contributed by atoms with Crippen LogP contribution in [-0.4, -0.2) is 52.9 Å². The highest BCUT2D eigenvalue weighted by atomic mass is 16.5. The number of rotatable bonds is 12. The fourth-order valence-corrected chi connectivity index (χ4v) is 8.26. The van der Waals surface area contributed by atoms with Gasteiger partial charge in [-0.25, -0.2) is 0 Å². The second kappa shape index (κ2) is 12.6. The van der Waals surface area contributed by atoms with Gasteiger partial charge in [-0.15, -0.1) is 6.42 Å². The summed E-state index contributed by atoms with van der Waals surface area (Å²) in [5.41, 5.74) is 1.54. The predicted octanol–water partition coefficient (Wildman–Crippen LogP) is 6.45. The number of ether oxygens (including phenoxy) is 1. The number of phenolic OH excluding ortho intramolecular Hbond substituents is 1. The Bertz CT molecular complexity index is 1030. The lowest BCUT2D eigenvalue weighted by atomic mass is 9.49. The molecule has 2 N–H and O–H groups in total. The number of likely N-dealkylation sites (N-methyl/N-ethyl adjacent to an activating group) is 1. The van der Waals surface area contributed by atoms with E-state index in [1.807, 2.05) is 33.0 Å². The van der Waals surface area contributed by atoms with E-state index in [0.717, 1.165) is 44.9 Å². The molecule has 0 aromatic heterocycles. The van der Waals surface area contributed by atoms with E-state index in [0.29, 0.717) is 36.0 Å². The van der Waals surface area contributed by atoms with Crippen molar-refractivity contribution in [2.45, 2.75) is 115 Å². The van der Waals surface area contributed by atoms with Crippen LogP contribution in [0, 0.1) is 35.5 Å². The zero-order chi connectivity index (χ0) is 28.2. The summed E-state index contributed by atoms with van der Waals surface area (Å²) < 4.78 is 5.59. The van der Waals surface area contributed by atoms with Crippen molar-refractivity contribution in [3.8, 4) is 18.1 Å². The van der Waals surface area contributed by atoms with Gasteiger partial charge in [0, 0.05) is 25.1 Å². The van der Waals surface area contributed by atoms with E-state index in [-0.39, 0.29) is 24.0 Å². The summed E-state index contributed by atoms with van der Waals surface area (Å²) in [5.74, 6) is 5.28. The van der Waals surface area contributed by atoms with Crippen molar-refractivity contribution in [3.63, 3.8) is 0 Å². The number of aromatic hydroxyl groups is 1. The normalized spacial score (nSPS) is 31.3. The van der Waals surface area contributed by atoms with Gasteiger partial charge in [-0.1, -0.05) is 51.0 Å². The third kappa shape index (κ3) is 6.18. The van der Waals surface area contributed by atoms with Crippen LogP contribution in [0.15, 0.2) is 18.2 Å². The van der Waals surface area contributed by atoms with Crippen LogP contribution >= 0.6 is 0 Å². The smallest absolute Gasteiger partial charge is 0.248 e. The number of aryl methyl sites for hydroxylation is 1. The van der Waals surface area contributed by atoms with Gasteiger partial charge in [-0.2, -0.15) is 0 Å². The molecule has 0 spiro atoms. The fourth-order valence-electron chi connectivity index (χ4n) is 8.26. The van der Waals surface area contributed by atoms with Gasteiger partial charge in [-0.3, -0.25) is 4.79 Å². The molecule has 3 unspecified atom stereocenters. The Morgan fingerprint density at radius 2 is 1.90 bits per heavy atom. The average Bonchev–Trinajstić information content (AvgIpc) is 3.18. The van der Waals surface area contributed by atoms with Crippen molar-refractivity contribution >= 4 is 5.91 Å². The Labute approximate surface area is 236 Å². The van der Waals surface area contributed by atoms with Crippen LogP contribution in [0.5, 0.6) is 5.75 Å². The topological polar surface area (TPSA) is 70.0 Å². The quantitative estimate of drug-likeness (QED) is 0.237. The zero-order valence-corrected chi connectivity index (χ0v) is 24.8. The van der Waals surface area contributed by atoms with Crippen LogP contribution in [0.3, 0.4) is 0 Å². The molecule has 3 aliphatic carbocycles. The lowest BCUT2D eigenvalue weighted by Crippen LogP contribution is -2.52. The Kier molecular flexibility index (Phi) is 9.71. The van der Waals surface area contributed by atoms with Gasteiger partial charge >= 0.3 is 0 Å². The first-order chi connectivity index (χ1) is 18.6. The van der Waals surface area contributed by atoms with Gasteiger partial charge in [0.15, 0.2) is 0 Å². The number of aliphatic hydroxyl groups is 1. The van der Waals surface area contributed by atoms with Crippen molar-refractivity contribution < 1.29 is 19.7 Å². The highest BCUT2D eigenvalue weighted by Gasteiger charge is 2.63. The second-order valence-electron chi connectivity index (χ2n) is 13.2. The van der Waals surface area contributed by atoms with E-state index in [2.05, 4.69) is 18.9 Å². The van der Waals surface area contributed by atoms with Crippen LogP contribution in [0.1, 0.15) is 108 Å². The first kappa shape index (κ1) is 29.9. The molecule has 1 aromatic carbocycles. The number of fused-ring (bicyclic) bond motifs is 5. The maximum atomic E-state index is 12.0. The lowest BCUT2D eigenvalue weighted by Gasteiger charge is -2.55. The highest BCUT2D eigenvalue weighted by Crippen LogP contribution is 2.66.